The van der Waals surface area contributed by atoms with Gasteiger partial charge in [-0.3, -0.25) is 14.6 Å². The van der Waals surface area contributed by atoms with Gasteiger partial charge >= 0.3 is 5.97 Å². The Kier molecular flexibility index (Phi) is 5.15. The molecule has 1 saturated carbocycles. The summed E-state index contributed by atoms with van der Waals surface area (Å²) in [6.07, 6.45) is 7.37. The lowest BCUT2D eigenvalue weighted by atomic mass is 9.59. The summed E-state index contributed by atoms with van der Waals surface area (Å²) in [5, 5.41) is 9.09. The van der Waals surface area contributed by atoms with Crippen molar-refractivity contribution in [1.29, 1.82) is 0 Å². The van der Waals surface area contributed by atoms with Crippen LogP contribution >= 0.6 is 0 Å². The van der Waals surface area contributed by atoms with E-state index in [0.29, 0.717) is 5.92 Å². The SMILES string of the molecule is C[C@H]1CCC[C@]2(C)C[C@H]3OC(=O)[C@H](CN4CCN(CCO)CC4)[C@H]3C=C12. The Morgan fingerprint density at radius 3 is 2.73 bits per heavy atom. The van der Waals surface area contributed by atoms with E-state index in [2.05, 4.69) is 29.7 Å². The second-order valence-electron chi connectivity index (χ2n) is 9.21. The number of carbonyl (C=O) groups excluding carboxylic acids is 1. The molecule has 0 aromatic rings. The maximum absolute atomic E-state index is 12.7. The minimum absolute atomic E-state index is 0.00410. The first-order valence-corrected chi connectivity index (χ1v) is 10.5. The van der Waals surface area contributed by atoms with Crippen molar-refractivity contribution in [3.63, 3.8) is 0 Å². The number of aliphatic hydroxyl groups excluding tert-OH is 1. The molecule has 2 saturated heterocycles. The van der Waals surface area contributed by atoms with E-state index >= 15 is 0 Å². The van der Waals surface area contributed by atoms with Crippen molar-refractivity contribution >= 4 is 5.97 Å². The Balaban J connectivity index is 1.45. The molecule has 0 radical (unpaired) electrons. The fourth-order valence-electron chi connectivity index (χ4n) is 5.87. The van der Waals surface area contributed by atoms with E-state index in [1.54, 1.807) is 5.57 Å². The van der Waals surface area contributed by atoms with E-state index in [9.17, 15) is 4.79 Å². The summed E-state index contributed by atoms with van der Waals surface area (Å²) in [5.41, 5.74) is 1.84. The van der Waals surface area contributed by atoms with Crippen LogP contribution in [0.4, 0.5) is 0 Å². The molecule has 26 heavy (non-hydrogen) atoms. The molecule has 0 aromatic carbocycles. The van der Waals surface area contributed by atoms with E-state index < -0.39 is 0 Å². The van der Waals surface area contributed by atoms with Crippen LogP contribution in [0.15, 0.2) is 11.6 Å². The summed E-state index contributed by atoms with van der Waals surface area (Å²) in [4.78, 5) is 17.4. The summed E-state index contributed by atoms with van der Waals surface area (Å²) in [6.45, 7) is 10.5. The molecule has 2 heterocycles. The van der Waals surface area contributed by atoms with E-state index in [-0.39, 0.29) is 35.9 Å². The van der Waals surface area contributed by atoms with Gasteiger partial charge in [0.1, 0.15) is 6.10 Å². The summed E-state index contributed by atoms with van der Waals surface area (Å²) in [7, 11) is 0. The van der Waals surface area contributed by atoms with Gasteiger partial charge in [0.25, 0.3) is 0 Å². The zero-order valence-corrected chi connectivity index (χ0v) is 16.3. The van der Waals surface area contributed by atoms with Crippen molar-refractivity contribution in [1.82, 2.24) is 9.80 Å². The van der Waals surface area contributed by atoms with Crippen LogP contribution < -0.4 is 0 Å². The normalized spacial score (nSPS) is 41.3. The van der Waals surface area contributed by atoms with E-state index in [0.717, 1.165) is 45.7 Å². The van der Waals surface area contributed by atoms with Crippen molar-refractivity contribution in [3.8, 4) is 0 Å². The van der Waals surface area contributed by atoms with E-state index in [1.165, 1.54) is 19.3 Å². The van der Waals surface area contributed by atoms with Crippen molar-refractivity contribution in [2.45, 2.75) is 45.6 Å². The second kappa shape index (κ2) is 7.25. The maximum atomic E-state index is 12.7. The van der Waals surface area contributed by atoms with Crippen LogP contribution in [0.2, 0.25) is 0 Å². The number of carbonyl (C=O) groups is 1. The van der Waals surface area contributed by atoms with Gasteiger partial charge in [0.2, 0.25) is 0 Å². The average Bonchev–Trinajstić information content (AvgIpc) is 2.89. The standard InChI is InChI=1S/C21H34N2O3/c1-15-4-3-5-21(2)13-19-16(12-18(15)21)17(20(25)26-19)14-23-8-6-22(7-9-23)10-11-24/h12,15-17,19,24H,3-11,13-14H2,1-2H3/t15-,16+,17+,19+,21+/m0/s1. The molecule has 4 rings (SSSR count). The molecule has 1 N–H and O–H groups in total. The minimum Gasteiger partial charge on any atom is -0.461 e. The van der Waals surface area contributed by atoms with E-state index in [1.807, 2.05) is 0 Å². The Morgan fingerprint density at radius 1 is 1.27 bits per heavy atom. The highest BCUT2D eigenvalue weighted by Crippen LogP contribution is 2.53. The Morgan fingerprint density at radius 2 is 2.00 bits per heavy atom. The fourth-order valence-corrected chi connectivity index (χ4v) is 5.87. The molecular formula is C21H34N2O3. The monoisotopic (exact) mass is 362 g/mol. The number of piperazine rings is 1. The summed E-state index contributed by atoms with van der Waals surface area (Å²) >= 11 is 0. The summed E-state index contributed by atoms with van der Waals surface area (Å²) < 4.78 is 5.87. The summed E-state index contributed by atoms with van der Waals surface area (Å²) in [5.74, 6) is 0.926. The average molecular weight is 363 g/mol. The van der Waals surface area contributed by atoms with Gasteiger partial charge in [-0.25, -0.2) is 0 Å². The summed E-state index contributed by atoms with van der Waals surface area (Å²) in [6, 6.07) is 0. The third-order valence-corrected chi connectivity index (χ3v) is 7.42. The molecular weight excluding hydrogens is 328 g/mol. The Bertz CT molecular complexity index is 570. The van der Waals surface area contributed by atoms with Crippen molar-refractivity contribution in [2.75, 3.05) is 45.9 Å². The minimum atomic E-state index is -0.00410. The van der Waals surface area contributed by atoms with Crippen molar-refractivity contribution in [3.05, 3.63) is 11.6 Å². The first kappa shape index (κ1) is 18.5. The number of esters is 1. The molecule has 5 atom stereocenters. The molecule has 2 aliphatic carbocycles. The first-order chi connectivity index (χ1) is 12.5. The van der Waals surface area contributed by atoms with Gasteiger partial charge in [0.15, 0.2) is 0 Å². The lowest BCUT2D eigenvalue weighted by Crippen LogP contribution is -2.49. The topological polar surface area (TPSA) is 53.0 Å². The third kappa shape index (κ3) is 3.34. The second-order valence-corrected chi connectivity index (χ2v) is 9.21. The number of hydrogen-bond acceptors (Lipinski definition) is 5. The molecule has 5 heteroatoms. The Hall–Kier alpha value is -0.910. The van der Waals surface area contributed by atoms with Crippen LogP contribution in [0.1, 0.15) is 39.5 Å². The zero-order chi connectivity index (χ0) is 18.3. The molecule has 0 spiro atoms. The molecule has 2 aliphatic heterocycles. The maximum Gasteiger partial charge on any atom is 0.311 e. The van der Waals surface area contributed by atoms with Gasteiger partial charge in [-0.2, -0.15) is 0 Å². The third-order valence-electron chi connectivity index (χ3n) is 7.42. The van der Waals surface area contributed by atoms with Gasteiger partial charge in [0.05, 0.1) is 12.5 Å². The highest BCUT2D eigenvalue weighted by Gasteiger charge is 2.51. The number of fused-ring (bicyclic) bond motifs is 2. The molecule has 5 nitrogen and oxygen atoms in total. The zero-order valence-electron chi connectivity index (χ0n) is 16.3. The van der Waals surface area contributed by atoms with Crippen LogP contribution in [0.5, 0.6) is 0 Å². The number of β-amino-alcohol motifs (C(OH)–C–C–N with tert-alkyl or cyclic N) is 1. The lowest BCUT2D eigenvalue weighted by Gasteiger charge is -2.46. The predicted molar refractivity (Wildman–Crippen MR) is 101 cm³/mol. The molecule has 0 amide bonds. The lowest BCUT2D eigenvalue weighted by molar-refractivity contribution is -0.145. The van der Waals surface area contributed by atoms with Gasteiger partial charge < -0.3 is 9.84 Å². The van der Waals surface area contributed by atoms with Crippen LogP contribution in [0, 0.1) is 23.2 Å². The van der Waals surface area contributed by atoms with Gasteiger partial charge in [-0.15, -0.1) is 0 Å². The Labute approximate surface area is 157 Å². The highest BCUT2D eigenvalue weighted by atomic mass is 16.6. The predicted octanol–water partition coefficient (Wildman–Crippen LogP) is 1.91. The van der Waals surface area contributed by atoms with Crippen LogP contribution in [-0.2, 0) is 9.53 Å². The van der Waals surface area contributed by atoms with Crippen molar-refractivity contribution < 1.29 is 14.6 Å². The number of rotatable bonds is 4. The quantitative estimate of drug-likeness (QED) is 0.612. The van der Waals surface area contributed by atoms with Crippen molar-refractivity contribution in [2.24, 2.45) is 23.2 Å². The first-order valence-electron chi connectivity index (χ1n) is 10.5. The molecule has 3 fully saturated rings. The van der Waals surface area contributed by atoms with Gasteiger partial charge in [-0.05, 0) is 30.6 Å². The molecule has 146 valence electrons. The molecule has 0 bridgehead atoms. The largest absolute Gasteiger partial charge is 0.461 e. The number of ether oxygens (including phenoxy) is 1. The van der Waals surface area contributed by atoms with Crippen LogP contribution in [-0.4, -0.2) is 72.9 Å². The van der Waals surface area contributed by atoms with Crippen LogP contribution in [0.3, 0.4) is 0 Å². The number of allylic oxidation sites excluding steroid dienone is 1. The van der Waals surface area contributed by atoms with Gasteiger partial charge in [0, 0.05) is 45.2 Å². The van der Waals surface area contributed by atoms with Crippen LogP contribution in [0.25, 0.3) is 0 Å². The smallest absolute Gasteiger partial charge is 0.311 e. The number of nitrogens with zero attached hydrogens (tertiary/aromatic N) is 2. The molecule has 0 unspecified atom stereocenters. The van der Waals surface area contributed by atoms with E-state index in [4.69, 9.17) is 9.84 Å². The number of aliphatic hydroxyl groups is 1. The molecule has 4 aliphatic rings. The fraction of sp³-hybridized carbons (Fsp3) is 0.857. The molecule has 0 aromatic heterocycles. The number of hydrogen-bond donors (Lipinski definition) is 1. The van der Waals surface area contributed by atoms with Gasteiger partial charge in [-0.1, -0.05) is 31.9 Å². The highest BCUT2D eigenvalue weighted by molar-refractivity contribution is 5.76.